The zero-order chi connectivity index (χ0) is 14.0. The molecule has 2 nitrogen and oxygen atoms in total. The molecule has 0 unspecified atom stereocenters. The number of allylic oxidation sites excluding steroid dienone is 1. The van der Waals surface area contributed by atoms with Gasteiger partial charge in [-0.2, -0.15) is 0 Å². The summed E-state index contributed by atoms with van der Waals surface area (Å²) in [4.78, 5) is 11.2. The quantitative estimate of drug-likeness (QED) is 0.891. The second kappa shape index (κ2) is 5.57. The van der Waals surface area contributed by atoms with Crippen LogP contribution < -0.4 is 5.73 Å². The molecule has 3 heteroatoms. The van der Waals surface area contributed by atoms with Gasteiger partial charge in [-0.25, -0.2) is 0 Å². The van der Waals surface area contributed by atoms with Gasteiger partial charge in [-0.1, -0.05) is 23.2 Å². The van der Waals surface area contributed by atoms with Crippen LogP contribution in [-0.2, 0) is 11.2 Å². The summed E-state index contributed by atoms with van der Waals surface area (Å²) < 4.78 is 0. The summed E-state index contributed by atoms with van der Waals surface area (Å²) in [5, 5.41) is 0.760. The normalized spacial score (nSPS) is 10.3. The third-order valence-corrected chi connectivity index (χ3v) is 3.71. The van der Waals surface area contributed by atoms with E-state index in [1.54, 1.807) is 0 Å². The van der Waals surface area contributed by atoms with Crippen LogP contribution in [0, 0.1) is 20.8 Å². The van der Waals surface area contributed by atoms with Crippen molar-refractivity contribution in [3.63, 3.8) is 0 Å². The lowest BCUT2D eigenvalue weighted by Crippen LogP contribution is -2.16. The number of carbonyl (C=O) groups is 1. The van der Waals surface area contributed by atoms with Gasteiger partial charge in [-0.3, -0.25) is 4.79 Å². The molecule has 0 aromatic heterocycles. The van der Waals surface area contributed by atoms with Crippen molar-refractivity contribution in [2.24, 2.45) is 5.73 Å². The number of hydrogen-bond acceptors (Lipinski definition) is 1. The predicted molar refractivity (Wildman–Crippen MR) is 77.7 cm³/mol. The van der Waals surface area contributed by atoms with Crippen molar-refractivity contribution in [2.75, 3.05) is 0 Å². The molecule has 0 atom stereocenters. The van der Waals surface area contributed by atoms with Crippen LogP contribution in [0.3, 0.4) is 0 Å². The molecule has 0 spiro atoms. The molecule has 2 N–H and O–H groups in total. The highest BCUT2D eigenvalue weighted by Crippen LogP contribution is 2.32. The van der Waals surface area contributed by atoms with E-state index in [1.165, 1.54) is 0 Å². The van der Waals surface area contributed by atoms with E-state index < -0.39 is 0 Å². The van der Waals surface area contributed by atoms with Crippen LogP contribution in [-0.4, -0.2) is 5.91 Å². The zero-order valence-electron chi connectivity index (χ0n) is 11.6. The minimum atomic E-state index is -0.315. The number of nitrogens with two attached hydrogens (primary N) is 1. The number of aryl methyl sites for hydroxylation is 2. The van der Waals surface area contributed by atoms with Crippen molar-refractivity contribution in [3.8, 4) is 0 Å². The summed E-state index contributed by atoms with van der Waals surface area (Å²) in [7, 11) is 0. The number of primary amides is 1. The van der Waals surface area contributed by atoms with Gasteiger partial charge in [0.25, 0.3) is 0 Å². The van der Waals surface area contributed by atoms with Gasteiger partial charge in [0, 0.05) is 5.03 Å². The second-order valence-corrected chi connectivity index (χ2v) is 5.32. The third-order valence-electron chi connectivity index (χ3n) is 3.14. The smallest absolute Gasteiger partial charge is 0.221 e. The maximum absolute atomic E-state index is 11.2. The fraction of sp³-hybridized carbons (Fsp3) is 0.400. The van der Waals surface area contributed by atoms with E-state index in [-0.39, 0.29) is 12.3 Å². The summed E-state index contributed by atoms with van der Waals surface area (Å²) in [5.41, 5.74) is 11.7. The Morgan fingerprint density at radius 2 is 1.78 bits per heavy atom. The van der Waals surface area contributed by atoms with Gasteiger partial charge in [-0.05, 0) is 62.4 Å². The Labute approximate surface area is 114 Å². The Kier molecular flexibility index (Phi) is 4.58. The second-order valence-electron chi connectivity index (χ2n) is 4.95. The number of carbonyl (C=O) groups excluding carboxylic acids is 1. The summed E-state index contributed by atoms with van der Waals surface area (Å²) >= 11 is 6.38. The first-order chi connectivity index (χ1) is 8.25. The predicted octanol–water partition coefficient (Wildman–Crippen LogP) is 3.63. The summed E-state index contributed by atoms with van der Waals surface area (Å²) in [6, 6.07) is 2.06. The van der Waals surface area contributed by atoms with Crippen LogP contribution in [0.2, 0.25) is 0 Å². The standard InChI is InChI=1S/C15H20ClNO/c1-8(2)15(16)14-10(4)6-9(3)12(11(14)5)7-13(17)18/h6H,7H2,1-5H3,(H2,17,18). The van der Waals surface area contributed by atoms with Crippen LogP contribution in [0.4, 0.5) is 0 Å². The first-order valence-electron chi connectivity index (χ1n) is 5.97. The monoisotopic (exact) mass is 265 g/mol. The molecule has 18 heavy (non-hydrogen) atoms. The zero-order valence-corrected chi connectivity index (χ0v) is 12.4. The average Bonchev–Trinajstić information content (AvgIpc) is 2.23. The Morgan fingerprint density at radius 3 is 2.22 bits per heavy atom. The molecule has 1 aromatic rings. The van der Waals surface area contributed by atoms with E-state index in [0.29, 0.717) is 0 Å². The lowest BCUT2D eigenvalue weighted by atomic mass is 9.90. The van der Waals surface area contributed by atoms with Crippen LogP contribution in [0.25, 0.3) is 5.03 Å². The molecule has 0 fully saturated rings. The van der Waals surface area contributed by atoms with Crippen molar-refractivity contribution < 1.29 is 4.79 Å². The minimum Gasteiger partial charge on any atom is -0.369 e. The Hall–Kier alpha value is -1.28. The number of rotatable bonds is 3. The van der Waals surface area contributed by atoms with E-state index in [4.69, 9.17) is 17.3 Å². The SMILES string of the molecule is CC(C)=C(Cl)c1c(C)cc(C)c(CC(N)=O)c1C. The first kappa shape index (κ1) is 14.8. The fourth-order valence-corrected chi connectivity index (χ4v) is 2.55. The summed E-state index contributed by atoms with van der Waals surface area (Å²) in [5.74, 6) is -0.315. The van der Waals surface area contributed by atoms with Crippen LogP contribution in [0.1, 0.15) is 41.7 Å². The van der Waals surface area contributed by atoms with E-state index in [1.807, 2.05) is 34.6 Å². The van der Waals surface area contributed by atoms with Gasteiger partial charge in [0.2, 0.25) is 5.91 Å². The molecule has 0 aliphatic rings. The highest BCUT2D eigenvalue weighted by Gasteiger charge is 2.15. The molecular formula is C15H20ClNO. The molecular weight excluding hydrogens is 246 g/mol. The third kappa shape index (κ3) is 2.94. The van der Waals surface area contributed by atoms with Crippen LogP contribution in [0.15, 0.2) is 11.6 Å². The topological polar surface area (TPSA) is 43.1 Å². The van der Waals surface area contributed by atoms with Crippen LogP contribution >= 0.6 is 11.6 Å². The largest absolute Gasteiger partial charge is 0.369 e. The number of benzene rings is 1. The van der Waals surface area contributed by atoms with Gasteiger partial charge in [0.15, 0.2) is 0 Å². The molecule has 0 heterocycles. The maximum atomic E-state index is 11.2. The Bertz CT molecular complexity index is 526. The van der Waals surface area contributed by atoms with Crippen molar-refractivity contribution in [2.45, 2.75) is 41.0 Å². The van der Waals surface area contributed by atoms with Gasteiger partial charge in [0.05, 0.1) is 6.42 Å². The summed E-state index contributed by atoms with van der Waals surface area (Å²) in [6.07, 6.45) is 0.262. The lowest BCUT2D eigenvalue weighted by Gasteiger charge is -2.17. The number of hydrogen-bond donors (Lipinski definition) is 1. The Balaban J connectivity index is 3.55. The molecule has 98 valence electrons. The van der Waals surface area contributed by atoms with E-state index in [0.717, 1.165) is 38.4 Å². The van der Waals surface area contributed by atoms with Gasteiger partial charge in [0.1, 0.15) is 0 Å². The molecule has 1 aromatic carbocycles. The first-order valence-corrected chi connectivity index (χ1v) is 6.34. The minimum absolute atomic E-state index is 0.262. The molecule has 0 aliphatic heterocycles. The molecule has 0 saturated heterocycles. The highest BCUT2D eigenvalue weighted by atomic mass is 35.5. The number of halogens is 1. The van der Waals surface area contributed by atoms with E-state index in [9.17, 15) is 4.79 Å². The van der Waals surface area contributed by atoms with Gasteiger partial charge in [-0.15, -0.1) is 0 Å². The summed E-state index contributed by atoms with van der Waals surface area (Å²) in [6.45, 7) is 10.00. The molecule has 0 aliphatic carbocycles. The molecule has 0 radical (unpaired) electrons. The average molecular weight is 266 g/mol. The van der Waals surface area contributed by atoms with E-state index in [2.05, 4.69) is 6.07 Å². The Morgan fingerprint density at radius 1 is 1.22 bits per heavy atom. The van der Waals surface area contributed by atoms with Crippen molar-refractivity contribution in [1.29, 1.82) is 0 Å². The van der Waals surface area contributed by atoms with Crippen molar-refractivity contribution in [3.05, 3.63) is 39.5 Å². The molecule has 1 rings (SSSR count). The van der Waals surface area contributed by atoms with Crippen molar-refractivity contribution in [1.82, 2.24) is 0 Å². The molecule has 0 bridgehead atoms. The molecule has 0 saturated carbocycles. The number of amides is 1. The molecule has 1 amide bonds. The van der Waals surface area contributed by atoms with Gasteiger partial charge >= 0.3 is 0 Å². The van der Waals surface area contributed by atoms with Gasteiger partial charge < -0.3 is 5.73 Å². The lowest BCUT2D eigenvalue weighted by molar-refractivity contribution is -0.117. The fourth-order valence-electron chi connectivity index (χ4n) is 2.26. The van der Waals surface area contributed by atoms with E-state index >= 15 is 0 Å². The maximum Gasteiger partial charge on any atom is 0.221 e. The van der Waals surface area contributed by atoms with Crippen LogP contribution in [0.5, 0.6) is 0 Å². The van der Waals surface area contributed by atoms with Crippen molar-refractivity contribution >= 4 is 22.5 Å². The highest BCUT2D eigenvalue weighted by molar-refractivity contribution is 6.49.